The lowest BCUT2D eigenvalue weighted by Crippen LogP contribution is -2.00. The molecule has 1 aromatic heterocycles. The maximum Gasteiger partial charge on any atom is 0.336 e. The minimum absolute atomic E-state index is 0.329. The van der Waals surface area contributed by atoms with Crippen LogP contribution < -0.4 is 0 Å². The number of aryl methyl sites for hydroxylation is 2. The van der Waals surface area contributed by atoms with E-state index in [2.05, 4.69) is 4.98 Å². The van der Waals surface area contributed by atoms with Crippen LogP contribution in [0.4, 0.5) is 0 Å². The maximum absolute atomic E-state index is 11.2. The van der Waals surface area contributed by atoms with Gasteiger partial charge < -0.3 is 5.11 Å². The van der Waals surface area contributed by atoms with Crippen LogP contribution in [0.2, 0.25) is 0 Å². The zero-order valence-corrected chi connectivity index (χ0v) is 9.77. The van der Waals surface area contributed by atoms with Gasteiger partial charge in [-0.15, -0.1) is 0 Å². The van der Waals surface area contributed by atoms with Crippen molar-refractivity contribution in [2.75, 3.05) is 0 Å². The smallest absolute Gasteiger partial charge is 0.336 e. The normalized spacial score (nSPS) is 10.2. The summed E-state index contributed by atoms with van der Waals surface area (Å²) in [4.78, 5) is 15.3. The van der Waals surface area contributed by atoms with Gasteiger partial charge in [-0.05, 0) is 43.2 Å². The van der Waals surface area contributed by atoms with E-state index in [0.29, 0.717) is 5.56 Å². The van der Waals surface area contributed by atoms with Gasteiger partial charge in [-0.2, -0.15) is 0 Å². The first-order valence-corrected chi connectivity index (χ1v) is 5.35. The molecular formula is C14H13NO2. The van der Waals surface area contributed by atoms with Gasteiger partial charge in [-0.1, -0.05) is 17.7 Å². The van der Waals surface area contributed by atoms with Crippen LogP contribution in [-0.2, 0) is 0 Å². The van der Waals surface area contributed by atoms with Gasteiger partial charge in [0.25, 0.3) is 0 Å². The molecule has 0 radical (unpaired) electrons. The monoisotopic (exact) mass is 227 g/mol. The van der Waals surface area contributed by atoms with E-state index in [9.17, 15) is 9.90 Å². The van der Waals surface area contributed by atoms with E-state index in [0.717, 1.165) is 22.4 Å². The van der Waals surface area contributed by atoms with Crippen molar-refractivity contribution in [3.05, 3.63) is 53.3 Å². The molecule has 0 atom stereocenters. The SMILES string of the molecule is Cc1ccc(-c2ccnc(C)c2)c(C(=O)O)c1. The zero-order chi connectivity index (χ0) is 12.4. The van der Waals surface area contributed by atoms with Gasteiger partial charge in [0.2, 0.25) is 0 Å². The second kappa shape index (κ2) is 4.37. The minimum atomic E-state index is -0.904. The molecule has 0 amide bonds. The molecule has 0 aliphatic carbocycles. The first-order valence-electron chi connectivity index (χ1n) is 5.35. The third kappa shape index (κ3) is 2.33. The van der Waals surface area contributed by atoms with E-state index in [1.54, 1.807) is 12.3 Å². The number of rotatable bonds is 2. The van der Waals surface area contributed by atoms with Gasteiger partial charge in [0.1, 0.15) is 0 Å². The van der Waals surface area contributed by atoms with E-state index in [4.69, 9.17) is 0 Å². The van der Waals surface area contributed by atoms with Gasteiger partial charge in [-0.25, -0.2) is 4.79 Å². The Kier molecular flexibility index (Phi) is 2.91. The Morgan fingerprint density at radius 2 is 1.94 bits per heavy atom. The number of aromatic nitrogens is 1. The molecular weight excluding hydrogens is 214 g/mol. The summed E-state index contributed by atoms with van der Waals surface area (Å²) in [5, 5.41) is 9.21. The molecule has 2 aromatic rings. The van der Waals surface area contributed by atoms with Crippen molar-refractivity contribution in [1.29, 1.82) is 0 Å². The van der Waals surface area contributed by atoms with Crippen LogP contribution in [0, 0.1) is 13.8 Å². The van der Waals surface area contributed by atoms with Gasteiger partial charge in [0, 0.05) is 11.9 Å². The molecule has 0 aliphatic heterocycles. The predicted octanol–water partition coefficient (Wildman–Crippen LogP) is 3.06. The Morgan fingerprint density at radius 3 is 2.59 bits per heavy atom. The van der Waals surface area contributed by atoms with Crippen molar-refractivity contribution in [1.82, 2.24) is 4.98 Å². The third-order valence-electron chi connectivity index (χ3n) is 2.61. The van der Waals surface area contributed by atoms with Gasteiger partial charge in [0.05, 0.1) is 5.56 Å². The topological polar surface area (TPSA) is 50.2 Å². The molecule has 0 fully saturated rings. The van der Waals surface area contributed by atoms with Crippen molar-refractivity contribution in [3.8, 4) is 11.1 Å². The number of carbonyl (C=O) groups is 1. The molecule has 1 heterocycles. The molecule has 17 heavy (non-hydrogen) atoms. The van der Waals surface area contributed by atoms with Crippen LogP contribution >= 0.6 is 0 Å². The van der Waals surface area contributed by atoms with E-state index in [1.165, 1.54) is 0 Å². The highest BCUT2D eigenvalue weighted by Gasteiger charge is 2.11. The number of pyridine rings is 1. The molecule has 3 heteroatoms. The molecule has 1 aromatic carbocycles. The molecule has 86 valence electrons. The lowest BCUT2D eigenvalue weighted by molar-refractivity contribution is 0.0697. The Labute approximate surface area is 99.8 Å². The average Bonchev–Trinajstić information content (AvgIpc) is 2.28. The number of nitrogens with zero attached hydrogens (tertiary/aromatic N) is 1. The number of carboxylic acid groups (broad SMARTS) is 1. The van der Waals surface area contributed by atoms with Crippen LogP contribution in [0.25, 0.3) is 11.1 Å². The second-order valence-corrected chi connectivity index (χ2v) is 4.04. The van der Waals surface area contributed by atoms with Crippen molar-refractivity contribution >= 4 is 5.97 Å². The van der Waals surface area contributed by atoms with Crippen molar-refractivity contribution in [3.63, 3.8) is 0 Å². The van der Waals surface area contributed by atoms with E-state index < -0.39 is 5.97 Å². The predicted molar refractivity (Wildman–Crippen MR) is 66.1 cm³/mol. The van der Waals surface area contributed by atoms with E-state index >= 15 is 0 Å². The summed E-state index contributed by atoms with van der Waals surface area (Å²) in [7, 11) is 0. The molecule has 0 saturated carbocycles. The number of benzene rings is 1. The minimum Gasteiger partial charge on any atom is -0.478 e. The molecule has 3 nitrogen and oxygen atoms in total. The first-order chi connectivity index (χ1) is 8.08. The number of hydrogen-bond donors (Lipinski definition) is 1. The molecule has 1 N–H and O–H groups in total. The lowest BCUT2D eigenvalue weighted by Gasteiger charge is -2.07. The summed E-state index contributed by atoms with van der Waals surface area (Å²) in [5.41, 5.74) is 3.76. The molecule has 0 unspecified atom stereocenters. The lowest BCUT2D eigenvalue weighted by atomic mass is 9.98. The van der Waals surface area contributed by atoms with Crippen LogP contribution in [0.3, 0.4) is 0 Å². The van der Waals surface area contributed by atoms with E-state index in [1.807, 2.05) is 38.1 Å². The summed E-state index contributed by atoms with van der Waals surface area (Å²) in [6.45, 7) is 3.77. The van der Waals surface area contributed by atoms with Crippen LogP contribution in [0.1, 0.15) is 21.6 Å². The van der Waals surface area contributed by atoms with Gasteiger partial charge >= 0.3 is 5.97 Å². The number of carboxylic acids is 1. The molecule has 0 bridgehead atoms. The van der Waals surface area contributed by atoms with Crippen LogP contribution in [0.15, 0.2) is 36.5 Å². The van der Waals surface area contributed by atoms with Crippen molar-refractivity contribution in [2.45, 2.75) is 13.8 Å². The van der Waals surface area contributed by atoms with Gasteiger partial charge in [-0.3, -0.25) is 4.98 Å². The average molecular weight is 227 g/mol. The number of aromatic carboxylic acids is 1. The molecule has 0 aliphatic rings. The molecule has 0 spiro atoms. The molecule has 2 rings (SSSR count). The fourth-order valence-electron chi connectivity index (χ4n) is 1.80. The highest BCUT2D eigenvalue weighted by molar-refractivity contribution is 5.96. The van der Waals surface area contributed by atoms with Gasteiger partial charge in [0.15, 0.2) is 0 Å². The van der Waals surface area contributed by atoms with Crippen molar-refractivity contribution < 1.29 is 9.90 Å². The Bertz CT molecular complexity index is 576. The van der Waals surface area contributed by atoms with Crippen LogP contribution in [0.5, 0.6) is 0 Å². The fourth-order valence-corrected chi connectivity index (χ4v) is 1.80. The Hall–Kier alpha value is -2.16. The van der Waals surface area contributed by atoms with Crippen LogP contribution in [-0.4, -0.2) is 16.1 Å². The highest BCUT2D eigenvalue weighted by Crippen LogP contribution is 2.24. The standard InChI is InChI=1S/C14H13NO2/c1-9-3-4-12(13(7-9)14(16)17)11-5-6-15-10(2)8-11/h3-8H,1-2H3,(H,16,17). The fraction of sp³-hybridized carbons (Fsp3) is 0.143. The van der Waals surface area contributed by atoms with Crippen molar-refractivity contribution in [2.24, 2.45) is 0 Å². The summed E-state index contributed by atoms with van der Waals surface area (Å²) >= 11 is 0. The summed E-state index contributed by atoms with van der Waals surface area (Å²) in [6.07, 6.45) is 1.69. The Morgan fingerprint density at radius 1 is 1.18 bits per heavy atom. The summed E-state index contributed by atoms with van der Waals surface area (Å²) in [5.74, 6) is -0.904. The number of hydrogen-bond acceptors (Lipinski definition) is 2. The van der Waals surface area contributed by atoms with E-state index in [-0.39, 0.29) is 0 Å². The second-order valence-electron chi connectivity index (χ2n) is 4.04. The third-order valence-corrected chi connectivity index (χ3v) is 2.61. The summed E-state index contributed by atoms with van der Waals surface area (Å²) < 4.78 is 0. The Balaban J connectivity index is 2.63. The highest BCUT2D eigenvalue weighted by atomic mass is 16.4. The summed E-state index contributed by atoms with van der Waals surface area (Å²) in [6, 6.07) is 9.15. The zero-order valence-electron chi connectivity index (χ0n) is 9.77. The maximum atomic E-state index is 11.2. The first kappa shape index (κ1) is 11.3. The quantitative estimate of drug-likeness (QED) is 0.857. The largest absolute Gasteiger partial charge is 0.478 e. The molecule has 0 saturated heterocycles.